The van der Waals surface area contributed by atoms with Crippen LogP contribution in [0.2, 0.25) is 0 Å². The Morgan fingerprint density at radius 1 is 0.899 bits per heavy atom. The number of hydrogen-bond acceptors (Lipinski definition) is 17. The van der Waals surface area contributed by atoms with Crippen molar-refractivity contribution in [1.82, 2.24) is 40.8 Å². The van der Waals surface area contributed by atoms with Crippen molar-refractivity contribution in [2.75, 3.05) is 32.7 Å². The van der Waals surface area contributed by atoms with Crippen LogP contribution in [0.25, 0.3) is 0 Å². The molecule has 0 aromatic rings. The van der Waals surface area contributed by atoms with Gasteiger partial charge in [-0.15, -0.1) is 0 Å². The van der Waals surface area contributed by atoms with E-state index < -0.39 is 132 Å². The maximum absolute atomic E-state index is 15.1. The number of nitrogens with two attached hydrogens (primary N) is 1. The van der Waals surface area contributed by atoms with E-state index in [9.17, 15) is 59.3 Å². The maximum Gasteiger partial charge on any atom is 0.332 e. The van der Waals surface area contributed by atoms with Gasteiger partial charge >= 0.3 is 5.97 Å². The molecular formula is C45H75N9O15. The van der Waals surface area contributed by atoms with Crippen LogP contribution in [0.15, 0.2) is 0 Å². The smallest absolute Gasteiger partial charge is 0.332 e. The molecule has 24 nitrogen and oxygen atoms in total. The Hall–Kier alpha value is -4.56. The molecule has 5 rings (SSSR count). The SMILES string of the molecule is CCC1OC(O)(C(C)(O)C(=O)NC2C(=O)N3NCCCC3C(=O)N(O)CC(=O)N3C(CCCN3C(=O)CN)C(=O)N3CCC(C)(O)C3C(=O)N(O)C(C(C)C)C(=O)OC2C(C)C)CCC1CC(C)C. The van der Waals surface area contributed by atoms with Gasteiger partial charge in [-0.2, -0.15) is 0 Å². The molecule has 5 saturated heterocycles. The van der Waals surface area contributed by atoms with E-state index in [2.05, 4.69) is 10.7 Å². The average Bonchev–Trinajstić information content (AvgIpc) is 3.62. The molecule has 0 spiro atoms. The number of nitrogens with one attached hydrogen (secondary N) is 2. The molecule has 0 bridgehead atoms. The molecule has 5 aliphatic rings. The van der Waals surface area contributed by atoms with Crippen molar-refractivity contribution < 1.29 is 73.6 Å². The van der Waals surface area contributed by atoms with Crippen LogP contribution in [0.1, 0.15) is 120 Å². The molecule has 5 heterocycles. The van der Waals surface area contributed by atoms with Gasteiger partial charge in [0.25, 0.3) is 35.4 Å². The normalized spacial score (nSPS) is 33.7. The number of cyclic esters (lactones) is 1. The van der Waals surface area contributed by atoms with Crippen molar-refractivity contribution in [3.05, 3.63) is 0 Å². The van der Waals surface area contributed by atoms with E-state index in [0.717, 1.165) is 33.3 Å². The minimum Gasteiger partial charge on any atom is -0.458 e. The van der Waals surface area contributed by atoms with Gasteiger partial charge in [-0.05, 0) is 88.9 Å². The topological polar surface area (TPSA) is 326 Å². The van der Waals surface area contributed by atoms with Crippen molar-refractivity contribution in [1.29, 1.82) is 0 Å². The maximum atomic E-state index is 15.1. The Morgan fingerprint density at radius 2 is 1.55 bits per heavy atom. The number of carbonyl (C=O) groups is 8. The Kier molecular flexibility index (Phi) is 17.5. The predicted octanol–water partition coefficient (Wildman–Crippen LogP) is -1.26. The molecule has 5 aliphatic heterocycles. The molecule has 24 heteroatoms. The second-order valence-corrected chi connectivity index (χ2v) is 20.6. The zero-order valence-electron chi connectivity index (χ0n) is 41.3. The number of hydroxylamine groups is 4. The lowest BCUT2D eigenvalue weighted by Gasteiger charge is -2.48. The fourth-order valence-corrected chi connectivity index (χ4v) is 10.4. The van der Waals surface area contributed by atoms with Crippen molar-refractivity contribution >= 4 is 47.3 Å². The van der Waals surface area contributed by atoms with Gasteiger partial charge in [0.2, 0.25) is 11.7 Å². The van der Waals surface area contributed by atoms with Crippen LogP contribution in [0.4, 0.5) is 0 Å². The number of hydrogen-bond donors (Lipinski definition) is 8. The van der Waals surface area contributed by atoms with Gasteiger partial charge in [0, 0.05) is 26.1 Å². The molecular weight excluding hydrogens is 907 g/mol. The first-order valence-electron chi connectivity index (χ1n) is 24.2. The number of esters is 1. The lowest BCUT2D eigenvalue weighted by atomic mass is 9.78. The number of fused-ring (bicyclic) bond motifs is 3. The first-order valence-corrected chi connectivity index (χ1v) is 24.2. The molecule has 390 valence electrons. The van der Waals surface area contributed by atoms with Gasteiger partial charge in [0.05, 0.1) is 18.2 Å². The highest BCUT2D eigenvalue weighted by Crippen LogP contribution is 2.42. The summed E-state index contributed by atoms with van der Waals surface area (Å²) in [7, 11) is 0. The predicted molar refractivity (Wildman–Crippen MR) is 240 cm³/mol. The minimum absolute atomic E-state index is 0.00325. The van der Waals surface area contributed by atoms with Crippen LogP contribution in [0.3, 0.4) is 0 Å². The summed E-state index contributed by atoms with van der Waals surface area (Å²) in [5, 5.41) is 63.8. The van der Waals surface area contributed by atoms with Crippen LogP contribution < -0.4 is 16.5 Å². The standard InChI is InChI=1S/C45H75N9O15/c1-10-30-27(21-24(2)3)15-16-45(65,69-30)44(9,64)42(62)48-33-35(26(6)7)68-41(61)34(25(4)5)54(67)40(60)36-43(8,63)17-20-49(36)37(57)29-14-12-19-50(31(55)22-46)53(29)32(56)23-51(66)38(58)28-13-11-18-47-52(28)39(33)59/h24-30,33-36,47,63-67H,10-23,46H2,1-9H3,(H,48,62). The summed E-state index contributed by atoms with van der Waals surface area (Å²) in [5.74, 6) is -13.3. The number of ether oxygens (including phenoxy) is 2. The Bertz CT molecular complexity index is 1950. The van der Waals surface area contributed by atoms with E-state index >= 15 is 4.79 Å². The van der Waals surface area contributed by atoms with E-state index in [1.165, 1.54) is 34.6 Å². The van der Waals surface area contributed by atoms with Gasteiger partial charge in [0.1, 0.15) is 36.8 Å². The summed E-state index contributed by atoms with van der Waals surface area (Å²) in [6.07, 6.45) is -0.920. The molecule has 69 heavy (non-hydrogen) atoms. The third kappa shape index (κ3) is 11.2. The van der Waals surface area contributed by atoms with Crippen molar-refractivity contribution in [2.24, 2.45) is 29.4 Å². The third-order valence-electron chi connectivity index (χ3n) is 14.3. The monoisotopic (exact) mass is 982 g/mol. The Labute approximate surface area is 402 Å². The highest BCUT2D eigenvalue weighted by molar-refractivity contribution is 5.98. The van der Waals surface area contributed by atoms with Gasteiger partial charge in [-0.25, -0.2) is 30.4 Å². The van der Waals surface area contributed by atoms with E-state index in [1.54, 1.807) is 0 Å². The van der Waals surface area contributed by atoms with Gasteiger partial charge in [-0.1, -0.05) is 48.5 Å². The summed E-state index contributed by atoms with van der Waals surface area (Å²) in [5.41, 5.74) is 3.70. The summed E-state index contributed by atoms with van der Waals surface area (Å²) in [6.45, 7) is 12.0. The van der Waals surface area contributed by atoms with E-state index in [0.29, 0.717) is 12.8 Å². The molecule has 0 saturated carbocycles. The highest BCUT2D eigenvalue weighted by Gasteiger charge is 2.59. The fraction of sp³-hybridized carbons (Fsp3) is 0.822. The largest absolute Gasteiger partial charge is 0.458 e. The molecule has 0 aliphatic carbocycles. The minimum atomic E-state index is -2.77. The quantitative estimate of drug-likeness (QED) is 0.0988. The number of amides is 7. The first-order chi connectivity index (χ1) is 32.1. The van der Waals surface area contributed by atoms with Crippen molar-refractivity contribution in [3.63, 3.8) is 0 Å². The molecule has 9 N–H and O–H groups in total. The second kappa shape index (κ2) is 21.8. The zero-order chi connectivity index (χ0) is 51.7. The Balaban J connectivity index is 1.64. The fourth-order valence-electron chi connectivity index (χ4n) is 10.4. The molecule has 0 radical (unpaired) electrons. The molecule has 7 amide bonds. The lowest BCUT2D eigenvalue weighted by Crippen LogP contribution is -2.70. The van der Waals surface area contributed by atoms with Crippen LogP contribution in [0, 0.1) is 23.7 Å². The average molecular weight is 982 g/mol. The van der Waals surface area contributed by atoms with Crippen LogP contribution in [-0.2, 0) is 47.8 Å². The van der Waals surface area contributed by atoms with Crippen molar-refractivity contribution in [3.8, 4) is 0 Å². The van der Waals surface area contributed by atoms with E-state index in [4.69, 9.17) is 15.2 Å². The van der Waals surface area contributed by atoms with Gasteiger partial charge in [0.15, 0.2) is 11.6 Å². The summed E-state index contributed by atoms with van der Waals surface area (Å²) < 4.78 is 12.1. The van der Waals surface area contributed by atoms with Crippen LogP contribution in [0.5, 0.6) is 0 Å². The molecule has 11 unspecified atom stereocenters. The molecule has 0 aromatic carbocycles. The number of rotatable bonds is 9. The summed E-state index contributed by atoms with van der Waals surface area (Å²) in [6, 6.07) is -8.94. The molecule has 5 fully saturated rings. The number of aliphatic hydroxyl groups is 3. The Morgan fingerprint density at radius 3 is 2.14 bits per heavy atom. The second-order valence-electron chi connectivity index (χ2n) is 20.6. The summed E-state index contributed by atoms with van der Waals surface area (Å²) in [4.78, 5) is 116. The zero-order valence-corrected chi connectivity index (χ0v) is 41.3. The summed E-state index contributed by atoms with van der Waals surface area (Å²) >= 11 is 0. The van der Waals surface area contributed by atoms with Crippen LogP contribution in [-0.4, -0.2) is 195 Å². The van der Waals surface area contributed by atoms with Crippen LogP contribution >= 0.6 is 0 Å². The van der Waals surface area contributed by atoms with Gasteiger partial charge in [-0.3, -0.25) is 49.0 Å². The van der Waals surface area contributed by atoms with E-state index in [1.807, 2.05) is 20.8 Å². The lowest BCUT2D eigenvalue weighted by molar-refractivity contribution is -0.329. The molecule has 0 aromatic heterocycles. The third-order valence-corrected chi connectivity index (χ3v) is 14.3. The number of hydrazine groups is 2. The molecule has 11 atom stereocenters. The highest BCUT2D eigenvalue weighted by atomic mass is 16.6. The number of nitrogens with zero attached hydrogens (tertiary/aromatic N) is 6. The number of carbonyl (C=O) groups excluding carboxylic acids is 8. The van der Waals surface area contributed by atoms with E-state index in [-0.39, 0.29) is 80.1 Å². The van der Waals surface area contributed by atoms with Crippen molar-refractivity contribution in [2.45, 2.75) is 180 Å². The van der Waals surface area contributed by atoms with Gasteiger partial charge < -0.3 is 40.7 Å². The first kappa shape index (κ1) is 55.4.